The molecule has 13 heavy (non-hydrogen) atoms. The Balaban J connectivity index is 2.59. The Bertz CT molecular complexity index is 276. The second kappa shape index (κ2) is 5.35. The van der Waals surface area contributed by atoms with Crippen molar-refractivity contribution in [2.75, 3.05) is 6.61 Å². The van der Waals surface area contributed by atoms with Gasteiger partial charge in [0.2, 0.25) is 0 Å². The normalized spacial score (nSPS) is 10.4. The van der Waals surface area contributed by atoms with Crippen LogP contribution in [0.2, 0.25) is 0 Å². The van der Waals surface area contributed by atoms with Crippen molar-refractivity contribution in [2.24, 2.45) is 0 Å². The Hall–Kier alpha value is -0.410. The molecule has 0 spiro atoms. The summed E-state index contributed by atoms with van der Waals surface area (Å²) < 4.78 is 13.7. The summed E-state index contributed by atoms with van der Waals surface area (Å²) in [5, 5.41) is 8.58. The first kappa shape index (κ1) is 10.7. The van der Waals surface area contributed by atoms with E-state index < -0.39 is 0 Å². The number of aliphatic hydroxyl groups excluding tert-OH is 1. The van der Waals surface area contributed by atoms with E-state index in [4.69, 9.17) is 5.11 Å². The fourth-order valence-corrected chi connectivity index (χ4v) is 1.61. The lowest BCUT2D eigenvalue weighted by Gasteiger charge is -2.03. The first-order valence-electron chi connectivity index (χ1n) is 4.29. The number of aliphatic hydroxyl groups is 1. The Morgan fingerprint density at radius 2 is 2.08 bits per heavy atom. The zero-order valence-electron chi connectivity index (χ0n) is 7.26. The number of aryl methyl sites for hydroxylation is 1. The highest BCUT2D eigenvalue weighted by molar-refractivity contribution is 9.10. The average molecular weight is 247 g/mol. The minimum atomic E-state index is -0.206. The van der Waals surface area contributed by atoms with E-state index in [0.717, 1.165) is 29.3 Å². The Labute approximate surface area is 85.7 Å². The van der Waals surface area contributed by atoms with Crippen molar-refractivity contribution < 1.29 is 9.50 Å². The van der Waals surface area contributed by atoms with Gasteiger partial charge in [-0.2, -0.15) is 0 Å². The van der Waals surface area contributed by atoms with Gasteiger partial charge in [-0.3, -0.25) is 0 Å². The molecule has 0 fully saturated rings. The highest BCUT2D eigenvalue weighted by Crippen LogP contribution is 2.19. The molecule has 1 rings (SSSR count). The van der Waals surface area contributed by atoms with Crippen LogP contribution in [0, 0.1) is 5.82 Å². The maximum Gasteiger partial charge on any atom is 0.123 e. The highest BCUT2D eigenvalue weighted by Gasteiger charge is 2.00. The Morgan fingerprint density at radius 1 is 1.31 bits per heavy atom. The first-order chi connectivity index (χ1) is 6.24. The van der Waals surface area contributed by atoms with E-state index in [0.29, 0.717) is 0 Å². The Kier molecular flexibility index (Phi) is 4.39. The van der Waals surface area contributed by atoms with Crippen LogP contribution in [0.15, 0.2) is 22.7 Å². The van der Waals surface area contributed by atoms with Gasteiger partial charge in [0.1, 0.15) is 5.82 Å². The summed E-state index contributed by atoms with van der Waals surface area (Å²) in [5.74, 6) is -0.206. The zero-order chi connectivity index (χ0) is 9.68. The lowest BCUT2D eigenvalue weighted by atomic mass is 10.1. The molecule has 0 aliphatic heterocycles. The molecule has 0 atom stereocenters. The minimum Gasteiger partial charge on any atom is -0.396 e. The third-order valence-electron chi connectivity index (χ3n) is 1.86. The van der Waals surface area contributed by atoms with Crippen LogP contribution in [0.3, 0.4) is 0 Å². The molecule has 0 heterocycles. The van der Waals surface area contributed by atoms with Gasteiger partial charge in [0, 0.05) is 11.1 Å². The summed E-state index contributed by atoms with van der Waals surface area (Å²) in [6.45, 7) is 0.201. The van der Waals surface area contributed by atoms with Gasteiger partial charge in [0.05, 0.1) is 0 Å². The van der Waals surface area contributed by atoms with Gasteiger partial charge in [-0.25, -0.2) is 4.39 Å². The lowest BCUT2D eigenvalue weighted by molar-refractivity contribution is 0.284. The molecule has 0 radical (unpaired) electrons. The van der Waals surface area contributed by atoms with Crippen molar-refractivity contribution in [3.8, 4) is 0 Å². The van der Waals surface area contributed by atoms with E-state index >= 15 is 0 Å². The maximum atomic E-state index is 12.8. The van der Waals surface area contributed by atoms with Gasteiger partial charge in [0.15, 0.2) is 0 Å². The summed E-state index contributed by atoms with van der Waals surface area (Å²) in [5.41, 5.74) is 0.966. The predicted molar refractivity (Wildman–Crippen MR) is 54.1 cm³/mol. The molecule has 0 aromatic heterocycles. The fraction of sp³-hybridized carbons (Fsp3) is 0.400. The van der Waals surface area contributed by atoms with Crippen LogP contribution in [0.1, 0.15) is 18.4 Å². The molecular weight excluding hydrogens is 235 g/mol. The van der Waals surface area contributed by atoms with E-state index in [9.17, 15) is 4.39 Å². The van der Waals surface area contributed by atoms with Crippen molar-refractivity contribution in [3.05, 3.63) is 34.1 Å². The standard InChI is InChI=1S/C10H12BrFO/c11-10-5-4-9(12)7-8(10)3-1-2-6-13/h4-5,7,13H,1-3,6H2. The lowest BCUT2D eigenvalue weighted by Crippen LogP contribution is -1.91. The molecule has 3 heteroatoms. The van der Waals surface area contributed by atoms with Gasteiger partial charge < -0.3 is 5.11 Å². The molecule has 0 aliphatic rings. The largest absolute Gasteiger partial charge is 0.396 e. The summed E-state index contributed by atoms with van der Waals surface area (Å²) in [6.07, 6.45) is 2.46. The third kappa shape index (κ3) is 3.44. The second-order valence-electron chi connectivity index (χ2n) is 2.92. The number of rotatable bonds is 4. The van der Waals surface area contributed by atoms with Crippen molar-refractivity contribution in [1.29, 1.82) is 0 Å². The quantitative estimate of drug-likeness (QED) is 0.811. The number of hydrogen-bond donors (Lipinski definition) is 1. The molecule has 0 aliphatic carbocycles. The zero-order valence-corrected chi connectivity index (χ0v) is 8.85. The second-order valence-corrected chi connectivity index (χ2v) is 3.77. The SMILES string of the molecule is OCCCCc1cc(F)ccc1Br. The monoisotopic (exact) mass is 246 g/mol. The number of benzene rings is 1. The molecule has 0 saturated heterocycles. The molecule has 72 valence electrons. The van der Waals surface area contributed by atoms with Crippen LogP contribution < -0.4 is 0 Å². The average Bonchev–Trinajstić information content (AvgIpc) is 2.11. The molecule has 1 N–H and O–H groups in total. The summed E-state index contributed by atoms with van der Waals surface area (Å²) in [7, 11) is 0. The van der Waals surface area contributed by atoms with Crippen molar-refractivity contribution >= 4 is 15.9 Å². The van der Waals surface area contributed by atoms with Crippen LogP contribution in [0.25, 0.3) is 0 Å². The molecule has 1 aromatic rings. The topological polar surface area (TPSA) is 20.2 Å². The Morgan fingerprint density at radius 3 is 2.77 bits per heavy atom. The van der Waals surface area contributed by atoms with Gasteiger partial charge in [-0.05, 0) is 43.0 Å². The first-order valence-corrected chi connectivity index (χ1v) is 5.08. The third-order valence-corrected chi connectivity index (χ3v) is 2.64. The van der Waals surface area contributed by atoms with Crippen LogP contribution in [0.4, 0.5) is 4.39 Å². The molecule has 1 nitrogen and oxygen atoms in total. The molecular formula is C10H12BrFO. The van der Waals surface area contributed by atoms with E-state index in [-0.39, 0.29) is 12.4 Å². The number of halogens is 2. The molecule has 0 saturated carbocycles. The van der Waals surface area contributed by atoms with Crippen molar-refractivity contribution in [1.82, 2.24) is 0 Å². The maximum absolute atomic E-state index is 12.8. The molecule has 0 amide bonds. The van der Waals surface area contributed by atoms with E-state index in [1.54, 1.807) is 6.07 Å². The van der Waals surface area contributed by atoms with Gasteiger partial charge in [0.25, 0.3) is 0 Å². The number of unbranched alkanes of at least 4 members (excludes halogenated alkanes) is 1. The van der Waals surface area contributed by atoms with Gasteiger partial charge in [-0.15, -0.1) is 0 Å². The van der Waals surface area contributed by atoms with Crippen molar-refractivity contribution in [2.45, 2.75) is 19.3 Å². The highest BCUT2D eigenvalue weighted by atomic mass is 79.9. The van der Waals surface area contributed by atoms with Gasteiger partial charge in [-0.1, -0.05) is 15.9 Å². The predicted octanol–water partition coefficient (Wildman–Crippen LogP) is 2.90. The van der Waals surface area contributed by atoms with E-state index in [2.05, 4.69) is 15.9 Å². The molecule has 0 unspecified atom stereocenters. The fourth-order valence-electron chi connectivity index (χ4n) is 1.16. The summed E-state index contributed by atoms with van der Waals surface area (Å²) in [6, 6.07) is 4.67. The smallest absolute Gasteiger partial charge is 0.123 e. The van der Waals surface area contributed by atoms with Gasteiger partial charge >= 0.3 is 0 Å². The number of hydrogen-bond acceptors (Lipinski definition) is 1. The summed E-state index contributed by atoms with van der Waals surface area (Å²) >= 11 is 3.35. The van der Waals surface area contributed by atoms with Crippen molar-refractivity contribution in [3.63, 3.8) is 0 Å². The summed E-state index contributed by atoms with van der Waals surface area (Å²) in [4.78, 5) is 0. The van der Waals surface area contributed by atoms with E-state index in [1.165, 1.54) is 12.1 Å². The molecule has 1 aromatic carbocycles. The van der Waals surface area contributed by atoms with Crippen LogP contribution in [0.5, 0.6) is 0 Å². The van der Waals surface area contributed by atoms with Crippen LogP contribution >= 0.6 is 15.9 Å². The van der Waals surface area contributed by atoms with Crippen LogP contribution in [-0.2, 0) is 6.42 Å². The van der Waals surface area contributed by atoms with Crippen LogP contribution in [-0.4, -0.2) is 11.7 Å². The van der Waals surface area contributed by atoms with E-state index in [1.807, 2.05) is 0 Å². The minimum absolute atomic E-state index is 0.201. The molecule has 0 bridgehead atoms.